The van der Waals surface area contributed by atoms with Crippen LogP contribution in [0.3, 0.4) is 0 Å². The minimum Gasteiger partial charge on any atom is -0.303 e. The summed E-state index contributed by atoms with van der Waals surface area (Å²) < 4.78 is 0. The summed E-state index contributed by atoms with van der Waals surface area (Å²) >= 11 is 0. The van der Waals surface area contributed by atoms with Gasteiger partial charge in [0.15, 0.2) is 0 Å². The van der Waals surface area contributed by atoms with Crippen molar-refractivity contribution in [1.82, 2.24) is 0 Å². The van der Waals surface area contributed by atoms with Gasteiger partial charge in [0.25, 0.3) is 5.91 Å². The highest BCUT2D eigenvalue weighted by molar-refractivity contribution is 6.06. The van der Waals surface area contributed by atoms with E-state index in [0.717, 1.165) is 17.7 Å². The summed E-state index contributed by atoms with van der Waals surface area (Å²) in [5.74, 6) is 0.0177. The van der Waals surface area contributed by atoms with Gasteiger partial charge in [0.05, 0.1) is 0 Å². The Bertz CT molecular complexity index is 1080. The second kappa shape index (κ2) is 7.60. The van der Waals surface area contributed by atoms with Crippen LogP contribution in [0.5, 0.6) is 0 Å². The normalized spacial score (nSPS) is 20.2. The molecular formula is C28H29NO. The summed E-state index contributed by atoms with van der Waals surface area (Å²) in [4.78, 5) is 15.4. The van der Waals surface area contributed by atoms with E-state index in [9.17, 15) is 4.79 Å². The Kier molecular flexibility index (Phi) is 5.11. The number of hydrogen-bond acceptors (Lipinski definition) is 1. The maximum atomic E-state index is 13.4. The number of hydrogen-bond donors (Lipinski definition) is 0. The molecule has 2 nitrogen and oxygen atoms in total. The summed E-state index contributed by atoms with van der Waals surface area (Å²) in [6.45, 7) is 8.77. The summed E-state index contributed by atoms with van der Waals surface area (Å²) in [5, 5.41) is 0. The molecule has 1 aliphatic heterocycles. The van der Waals surface area contributed by atoms with Crippen molar-refractivity contribution < 1.29 is 4.79 Å². The quantitative estimate of drug-likeness (QED) is 0.462. The van der Waals surface area contributed by atoms with Crippen LogP contribution in [-0.2, 0) is 10.2 Å². The lowest BCUT2D eigenvalue weighted by Crippen LogP contribution is -2.55. The third-order valence-electron chi connectivity index (χ3n) is 6.23. The number of nitrogens with zero attached hydrogens (tertiary/aromatic N) is 1. The smallest absolute Gasteiger partial charge is 0.251 e. The Morgan fingerprint density at radius 3 is 2.20 bits per heavy atom. The number of amides is 1. The molecule has 152 valence electrons. The number of fused-ring (bicyclic) bond motifs is 1. The SMILES string of the molecule is Cc1ccc2c(c1)[C@](C)(c1ccccc1)CC(C)(C)N2C(=O)/C=C/c1ccccc1. The number of rotatable bonds is 3. The van der Waals surface area contributed by atoms with Crippen LogP contribution in [0.1, 0.15) is 49.4 Å². The second-order valence-electron chi connectivity index (χ2n) is 9.13. The standard InChI is InChI=1S/C28H29NO/c1-21-15-17-25-24(19-21)28(4,23-13-9-6-10-14-23)20-27(2,3)29(25)26(30)18-16-22-11-7-5-8-12-22/h5-19H,20H2,1-4H3/b18-16+/t28-/m0/s1. The van der Waals surface area contributed by atoms with Gasteiger partial charge in [-0.3, -0.25) is 4.79 Å². The van der Waals surface area contributed by atoms with Crippen molar-refractivity contribution >= 4 is 17.7 Å². The van der Waals surface area contributed by atoms with Gasteiger partial charge in [-0.25, -0.2) is 0 Å². The molecule has 1 amide bonds. The fourth-order valence-electron chi connectivity index (χ4n) is 4.94. The van der Waals surface area contributed by atoms with E-state index in [1.807, 2.05) is 41.3 Å². The molecule has 3 aromatic carbocycles. The van der Waals surface area contributed by atoms with Gasteiger partial charge in [-0.15, -0.1) is 0 Å². The fraction of sp³-hybridized carbons (Fsp3) is 0.250. The van der Waals surface area contributed by atoms with Crippen molar-refractivity contribution in [1.29, 1.82) is 0 Å². The monoisotopic (exact) mass is 395 g/mol. The maximum absolute atomic E-state index is 13.4. The van der Waals surface area contributed by atoms with Crippen LogP contribution >= 0.6 is 0 Å². The highest BCUT2D eigenvalue weighted by atomic mass is 16.2. The molecule has 1 atom stereocenters. The van der Waals surface area contributed by atoms with Crippen molar-refractivity contribution in [3.05, 3.63) is 107 Å². The van der Waals surface area contributed by atoms with Crippen LogP contribution in [0.25, 0.3) is 6.08 Å². The zero-order valence-corrected chi connectivity index (χ0v) is 18.2. The first-order valence-corrected chi connectivity index (χ1v) is 10.6. The molecule has 0 fully saturated rings. The summed E-state index contributed by atoms with van der Waals surface area (Å²) in [6.07, 6.45) is 4.45. The van der Waals surface area contributed by atoms with Crippen LogP contribution in [0, 0.1) is 6.92 Å². The largest absolute Gasteiger partial charge is 0.303 e. The molecule has 1 heterocycles. The van der Waals surface area contributed by atoms with Crippen LogP contribution < -0.4 is 4.90 Å². The van der Waals surface area contributed by atoms with Crippen LogP contribution in [-0.4, -0.2) is 11.4 Å². The van der Waals surface area contributed by atoms with Gasteiger partial charge in [-0.05, 0) is 56.0 Å². The van der Waals surface area contributed by atoms with Gasteiger partial charge in [-0.1, -0.05) is 85.3 Å². The van der Waals surface area contributed by atoms with Crippen molar-refractivity contribution in [3.8, 4) is 0 Å². The number of carbonyl (C=O) groups excluding carboxylic acids is 1. The predicted molar refractivity (Wildman–Crippen MR) is 126 cm³/mol. The zero-order valence-electron chi connectivity index (χ0n) is 18.2. The third-order valence-corrected chi connectivity index (χ3v) is 6.23. The zero-order chi connectivity index (χ0) is 21.4. The molecule has 0 saturated carbocycles. The Morgan fingerprint density at radius 1 is 0.900 bits per heavy atom. The Hall–Kier alpha value is -3.13. The lowest BCUT2D eigenvalue weighted by Gasteiger charge is -2.51. The molecule has 4 rings (SSSR count). The van der Waals surface area contributed by atoms with E-state index in [4.69, 9.17) is 0 Å². The van der Waals surface area contributed by atoms with Crippen molar-refractivity contribution in [2.75, 3.05) is 4.90 Å². The van der Waals surface area contributed by atoms with Crippen LogP contribution in [0.4, 0.5) is 5.69 Å². The van der Waals surface area contributed by atoms with E-state index in [1.165, 1.54) is 16.7 Å². The Labute approximate surface area is 179 Å². The lowest BCUT2D eigenvalue weighted by atomic mass is 9.65. The summed E-state index contributed by atoms with van der Waals surface area (Å²) in [6, 6.07) is 27.1. The fourth-order valence-corrected chi connectivity index (χ4v) is 4.94. The van der Waals surface area contributed by atoms with E-state index in [2.05, 4.69) is 76.2 Å². The first-order chi connectivity index (χ1) is 14.3. The van der Waals surface area contributed by atoms with Gasteiger partial charge in [0.2, 0.25) is 0 Å². The van der Waals surface area contributed by atoms with E-state index in [0.29, 0.717) is 0 Å². The van der Waals surface area contributed by atoms with E-state index in [1.54, 1.807) is 6.08 Å². The first-order valence-electron chi connectivity index (χ1n) is 10.6. The molecule has 0 unspecified atom stereocenters. The minimum atomic E-state index is -0.328. The number of aryl methyl sites for hydroxylation is 1. The lowest BCUT2D eigenvalue weighted by molar-refractivity contribution is -0.115. The van der Waals surface area contributed by atoms with E-state index in [-0.39, 0.29) is 16.9 Å². The molecule has 3 aromatic rings. The average Bonchev–Trinajstić information content (AvgIpc) is 2.73. The van der Waals surface area contributed by atoms with E-state index < -0.39 is 0 Å². The molecule has 0 aliphatic carbocycles. The minimum absolute atomic E-state index is 0.0177. The Balaban J connectivity index is 1.81. The Morgan fingerprint density at radius 2 is 1.53 bits per heavy atom. The van der Waals surface area contributed by atoms with Crippen molar-refractivity contribution in [3.63, 3.8) is 0 Å². The average molecular weight is 396 g/mol. The van der Waals surface area contributed by atoms with E-state index >= 15 is 0 Å². The molecule has 2 heteroatoms. The van der Waals surface area contributed by atoms with Crippen molar-refractivity contribution in [2.45, 2.75) is 45.1 Å². The molecule has 0 radical (unpaired) electrons. The highest BCUT2D eigenvalue weighted by Crippen LogP contribution is 2.50. The predicted octanol–water partition coefficient (Wildman–Crippen LogP) is 6.53. The molecule has 30 heavy (non-hydrogen) atoms. The molecule has 1 aliphatic rings. The number of carbonyl (C=O) groups is 1. The van der Waals surface area contributed by atoms with Gasteiger partial charge >= 0.3 is 0 Å². The van der Waals surface area contributed by atoms with Gasteiger partial charge < -0.3 is 4.90 Å². The molecule has 0 aromatic heterocycles. The first kappa shape index (κ1) is 20.2. The van der Waals surface area contributed by atoms with Crippen molar-refractivity contribution in [2.24, 2.45) is 0 Å². The van der Waals surface area contributed by atoms with Gasteiger partial charge in [0.1, 0.15) is 0 Å². The maximum Gasteiger partial charge on any atom is 0.251 e. The summed E-state index contributed by atoms with van der Waals surface area (Å²) in [5.41, 5.74) is 5.26. The molecular weight excluding hydrogens is 366 g/mol. The van der Waals surface area contributed by atoms with Gasteiger partial charge in [0, 0.05) is 22.7 Å². The van der Waals surface area contributed by atoms with Gasteiger partial charge in [-0.2, -0.15) is 0 Å². The third kappa shape index (κ3) is 3.59. The molecule has 0 N–H and O–H groups in total. The topological polar surface area (TPSA) is 20.3 Å². The number of anilines is 1. The second-order valence-corrected chi connectivity index (χ2v) is 9.13. The number of benzene rings is 3. The molecule has 0 saturated heterocycles. The van der Waals surface area contributed by atoms with Crippen LogP contribution in [0.15, 0.2) is 84.9 Å². The van der Waals surface area contributed by atoms with Crippen LogP contribution in [0.2, 0.25) is 0 Å². The summed E-state index contributed by atoms with van der Waals surface area (Å²) in [7, 11) is 0. The molecule has 0 spiro atoms. The molecule has 0 bridgehead atoms. The highest BCUT2D eigenvalue weighted by Gasteiger charge is 2.47.